The van der Waals surface area contributed by atoms with Crippen LogP contribution < -0.4 is 32.3 Å². The fourth-order valence-electron chi connectivity index (χ4n) is 5.39. The van der Waals surface area contributed by atoms with Crippen LogP contribution in [0.2, 0.25) is 0 Å². The van der Waals surface area contributed by atoms with Gasteiger partial charge in [0.25, 0.3) is 5.91 Å². The molecule has 17 heteroatoms. The van der Waals surface area contributed by atoms with Crippen LogP contribution in [0.4, 0.5) is 18.2 Å². The minimum Gasteiger partial charge on any atom is -0.465 e. The number of amides is 5. The van der Waals surface area contributed by atoms with E-state index in [1.165, 1.54) is 25.1 Å². The fourth-order valence-corrected chi connectivity index (χ4v) is 6.50. The lowest BCUT2D eigenvalue weighted by Crippen LogP contribution is -2.59. The van der Waals surface area contributed by atoms with Gasteiger partial charge in [0.15, 0.2) is 0 Å². The van der Waals surface area contributed by atoms with Crippen LogP contribution in [-0.2, 0) is 30.1 Å². The summed E-state index contributed by atoms with van der Waals surface area (Å²) in [6.45, 7) is 13.4. The first-order valence-electron chi connectivity index (χ1n) is 17.3. The second-order valence-electron chi connectivity index (χ2n) is 13.6. The van der Waals surface area contributed by atoms with Gasteiger partial charge in [-0.2, -0.15) is 13.2 Å². The molecule has 294 valence electrons. The van der Waals surface area contributed by atoms with Crippen molar-refractivity contribution in [2.24, 2.45) is 23.5 Å². The van der Waals surface area contributed by atoms with Crippen molar-refractivity contribution < 1.29 is 46.7 Å². The molecule has 0 aliphatic rings. The predicted octanol–water partition coefficient (Wildman–Crippen LogP) is 4.11. The molecule has 13 nitrogen and oxygen atoms in total. The van der Waals surface area contributed by atoms with Crippen LogP contribution in [0.5, 0.6) is 0 Å². The van der Waals surface area contributed by atoms with E-state index in [9.17, 15) is 41.9 Å². The molecular weight excluding hydrogens is 717 g/mol. The Morgan fingerprint density at radius 2 is 1.36 bits per heavy atom. The largest absolute Gasteiger partial charge is 0.465 e. The molecule has 1 heterocycles. The van der Waals surface area contributed by atoms with Crippen molar-refractivity contribution in [2.75, 3.05) is 25.5 Å². The Hall–Kier alpha value is -4.51. The lowest BCUT2D eigenvalue weighted by atomic mass is 9.91. The number of rotatable bonds is 17. The van der Waals surface area contributed by atoms with Gasteiger partial charge in [0.2, 0.25) is 23.6 Å². The molecule has 0 fully saturated rings. The molecule has 2 aromatic rings. The average Bonchev–Trinajstić information content (AvgIpc) is 3.41. The summed E-state index contributed by atoms with van der Waals surface area (Å²) < 4.78 is 46.1. The maximum atomic E-state index is 13.7. The number of methoxy groups -OCH3 is 1. The minimum atomic E-state index is -4.70. The van der Waals surface area contributed by atoms with Crippen molar-refractivity contribution in [3.63, 3.8) is 0 Å². The zero-order valence-corrected chi connectivity index (χ0v) is 32.3. The summed E-state index contributed by atoms with van der Waals surface area (Å²) in [5.74, 6) is -5.92. The minimum absolute atomic E-state index is 0.0130. The van der Waals surface area contributed by atoms with Gasteiger partial charge in [-0.25, -0.2) is 4.79 Å². The highest BCUT2D eigenvalue weighted by atomic mass is 32.1. The number of carbonyl (C=O) groups is 6. The smallest absolute Gasteiger partial charge is 0.416 e. The standard InChI is InChI=1S/C36H51F3N6O7S/c1-10-21(22-13-11-12-14-23(22)36(37,38)39)29(46)45-34-24(35(51)52-9)20(8)28(53-34)33(50)42-16-15-41-31(48)26(18(4)5)44-32(49)27(19(6)7)43-30(47)25(40)17(2)3/h11-14,17-19,21,25-27H,10,15-16,40H2,1-9H3,(H,41,48)(H,42,50)(H,43,47)(H,44,49)(H,45,46)/t21?,25-,26-,27-/m0/s1. The van der Waals surface area contributed by atoms with Crippen LogP contribution in [-0.4, -0.2) is 73.8 Å². The van der Waals surface area contributed by atoms with Crippen molar-refractivity contribution in [1.82, 2.24) is 21.3 Å². The number of hydrogen-bond acceptors (Lipinski definition) is 9. The molecular formula is C36H51F3N6O7S. The van der Waals surface area contributed by atoms with Crippen LogP contribution in [0.25, 0.3) is 0 Å². The lowest BCUT2D eigenvalue weighted by molar-refractivity contribution is -0.138. The Morgan fingerprint density at radius 1 is 0.811 bits per heavy atom. The summed E-state index contributed by atoms with van der Waals surface area (Å²) >= 11 is 0.752. The SMILES string of the molecule is CCC(C(=O)Nc1sc(C(=O)NCCNC(=O)[C@@H](NC(=O)[C@@H](NC(=O)[C@@H](N)C(C)C)C(C)C)C(C)C)c(C)c1C(=O)OC)c1ccccc1C(F)(F)F. The maximum absolute atomic E-state index is 13.7. The third-order valence-corrected chi connectivity index (χ3v) is 9.78. The van der Waals surface area contributed by atoms with Crippen molar-refractivity contribution in [2.45, 2.75) is 92.0 Å². The molecule has 0 bridgehead atoms. The molecule has 0 aliphatic carbocycles. The van der Waals surface area contributed by atoms with E-state index < -0.39 is 71.3 Å². The molecule has 0 aliphatic heterocycles. The van der Waals surface area contributed by atoms with Gasteiger partial charge in [-0.3, -0.25) is 24.0 Å². The first-order chi connectivity index (χ1) is 24.7. The number of esters is 1. The van der Waals surface area contributed by atoms with Crippen molar-refractivity contribution in [3.05, 3.63) is 51.4 Å². The van der Waals surface area contributed by atoms with Crippen LogP contribution >= 0.6 is 11.3 Å². The number of thiophene rings is 1. The number of ether oxygens (including phenoxy) is 1. The Labute approximate surface area is 311 Å². The number of nitrogens with two attached hydrogens (primary N) is 1. The Bertz CT molecular complexity index is 1640. The third-order valence-electron chi connectivity index (χ3n) is 8.57. The molecule has 1 aromatic heterocycles. The van der Waals surface area contributed by atoms with E-state index in [1.807, 2.05) is 0 Å². The van der Waals surface area contributed by atoms with Gasteiger partial charge in [0.1, 0.15) is 17.1 Å². The van der Waals surface area contributed by atoms with E-state index in [2.05, 4.69) is 26.6 Å². The van der Waals surface area contributed by atoms with Crippen molar-refractivity contribution in [1.29, 1.82) is 0 Å². The van der Waals surface area contributed by atoms with Crippen LogP contribution in [0.15, 0.2) is 24.3 Å². The first kappa shape index (κ1) is 44.7. The molecule has 53 heavy (non-hydrogen) atoms. The van der Waals surface area contributed by atoms with Gasteiger partial charge in [-0.1, -0.05) is 66.7 Å². The highest BCUT2D eigenvalue weighted by Gasteiger charge is 2.37. The third kappa shape index (κ3) is 11.7. The quantitative estimate of drug-likeness (QED) is 0.102. The summed E-state index contributed by atoms with van der Waals surface area (Å²) in [7, 11) is 1.11. The molecule has 4 atom stereocenters. The average molecular weight is 769 g/mol. The zero-order valence-electron chi connectivity index (χ0n) is 31.4. The fraction of sp³-hybridized carbons (Fsp3) is 0.556. The van der Waals surface area contributed by atoms with Gasteiger partial charge in [0, 0.05) is 13.1 Å². The number of anilines is 1. The molecule has 7 N–H and O–H groups in total. The summed E-state index contributed by atoms with van der Waals surface area (Å²) in [4.78, 5) is 78.2. The number of hydrogen-bond donors (Lipinski definition) is 6. The highest BCUT2D eigenvalue weighted by Crippen LogP contribution is 2.38. The van der Waals surface area contributed by atoms with Crippen molar-refractivity contribution >= 4 is 51.8 Å². The summed E-state index contributed by atoms with van der Waals surface area (Å²) in [6.07, 6.45) is -4.69. The van der Waals surface area contributed by atoms with Gasteiger partial charge < -0.3 is 37.1 Å². The normalized spacial score (nSPS) is 13.9. The number of halogens is 3. The molecule has 1 unspecified atom stereocenters. The van der Waals surface area contributed by atoms with E-state index in [4.69, 9.17) is 10.5 Å². The molecule has 1 aromatic carbocycles. The monoisotopic (exact) mass is 768 g/mol. The second kappa shape index (κ2) is 19.5. The Morgan fingerprint density at radius 3 is 1.89 bits per heavy atom. The highest BCUT2D eigenvalue weighted by molar-refractivity contribution is 7.18. The summed E-state index contributed by atoms with van der Waals surface area (Å²) in [5, 5.41) is 13.1. The second-order valence-corrected chi connectivity index (χ2v) is 14.6. The lowest BCUT2D eigenvalue weighted by Gasteiger charge is -2.28. The zero-order chi connectivity index (χ0) is 40.4. The summed E-state index contributed by atoms with van der Waals surface area (Å²) in [5.41, 5.74) is 4.80. The van der Waals surface area contributed by atoms with Crippen LogP contribution in [0, 0.1) is 24.7 Å². The number of alkyl halides is 3. The van der Waals surface area contributed by atoms with E-state index in [0.717, 1.165) is 24.5 Å². The van der Waals surface area contributed by atoms with Gasteiger partial charge in [-0.15, -0.1) is 11.3 Å². The number of nitrogens with one attached hydrogen (secondary N) is 5. The van der Waals surface area contributed by atoms with E-state index in [0.29, 0.717) is 0 Å². The molecule has 0 saturated heterocycles. The van der Waals surface area contributed by atoms with Gasteiger partial charge >= 0.3 is 12.1 Å². The summed E-state index contributed by atoms with van der Waals surface area (Å²) in [6, 6.07) is 2.00. The van der Waals surface area contributed by atoms with Gasteiger partial charge in [0.05, 0.1) is 35.1 Å². The van der Waals surface area contributed by atoms with Crippen LogP contribution in [0.1, 0.15) is 97.5 Å². The Kier molecular flexibility index (Phi) is 16.5. The molecule has 2 rings (SSSR count). The molecule has 0 spiro atoms. The number of carbonyl (C=O) groups excluding carboxylic acids is 6. The molecule has 0 radical (unpaired) electrons. The van der Waals surface area contributed by atoms with Crippen molar-refractivity contribution in [3.8, 4) is 0 Å². The van der Waals surface area contributed by atoms with Gasteiger partial charge in [-0.05, 0) is 48.3 Å². The maximum Gasteiger partial charge on any atom is 0.416 e. The first-order valence-corrected chi connectivity index (χ1v) is 18.1. The molecule has 5 amide bonds. The van der Waals surface area contributed by atoms with E-state index in [-0.39, 0.29) is 63.8 Å². The molecule has 0 saturated carbocycles. The van der Waals surface area contributed by atoms with Crippen LogP contribution in [0.3, 0.4) is 0 Å². The predicted molar refractivity (Wildman–Crippen MR) is 195 cm³/mol. The topological polar surface area (TPSA) is 198 Å². The Balaban J connectivity index is 2.16. The van der Waals surface area contributed by atoms with E-state index in [1.54, 1.807) is 48.5 Å². The van der Waals surface area contributed by atoms with E-state index >= 15 is 0 Å². The number of benzene rings is 1.